The monoisotopic (exact) mass is 358 g/mol. The molecule has 3 rings (SSSR count). The first-order valence-corrected chi connectivity index (χ1v) is 7.59. The Bertz CT molecular complexity index is 870. The lowest BCUT2D eigenvalue weighted by molar-refractivity contribution is 0.0827. The topological polar surface area (TPSA) is 61.9 Å². The molecule has 2 heterocycles. The van der Waals surface area contributed by atoms with Gasteiger partial charge in [0.15, 0.2) is 5.65 Å². The van der Waals surface area contributed by atoms with Crippen LogP contribution in [-0.2, 0) is 0 Å². The number of H-pyrrole nitrogens is 1. The van der Waals surface area contributed by atoms with Crippen LogP contribution in [0.3, 0.4) is 0 Å². The molecule has 112 valence electrons. The van der Waals surface area contributed by atoms with E-state index in [0.29, 0.717) is 10.2 Å². The van der Waals surface area contributed by atoms with E-state index in [0.717, 1.165) is 27.9 Å². The molecule has 0 spiro atoms. The largest absolute Gasteiger partial charge is 0.345 e. The summed E-state index contributed by atoms with van der Waals surface area (Å²) in [5.74, 6) is 0.00510. The van der Waals surface area contributed by atoms with Crippen molar-refractivity contribution in [2.24, 2.45) is 0 Å². The number of halogens is 1. The van der Waals surface area contributed by atoms with Crippen molar-refractivity contribution >= 4 is 33.0 Å². The van der Waals surface area contributed by atoms with Crippen LogP contribution in [0.15, 0.2) is 35.2 Å². The molecule has 5 nitrogen and oxygen atoms in total. The Morgan fingerprint density at radius 1 is 1.32 bits per heavy atom. The van der Waals surface area contributed by atoms with E-state index in [1.807, 2.05) is 31.3 Å². The van der Waals surface area contributed by atoms with Gasteiger partial charge >= 0.3 is 0 Å². The van der Waals surface area contributed by atoms with Gasteiger partial charge in [-0.1, -0.05) is 12.1 Å². The van der Waals surface area contributed by atoms with Crippen LogP contribution in [0.25, 0.3) is 22.3 Å². The highest BCUT2D eigenvalue weighted by atomic mass is 79.9. The summed E-state index contributed by atoms with van der Waals surface area (Å²) in [5.41, 5.74) is 5.17. The second-order valence-electron chi connectivity index (χ2n) is 5.32. The summed E-state index contributed by atoms with van der Waals surface area (Å²) in [5, 5.41) is 0. The third kappa shape index (κ3) is 2.50. The maximum absolute atomic E-state index is 12.1. The van der Waals surface area contributed by atoms with Crippen molar-refractivity contribution in [1.29, 1.82) is 0 Å². The summed E-state index contributed by atoms with van der Waals surface area (Å²) < 4.78 is 0.692. The van der Waals surface area contributed by atoms with E-state index in [1.54, 1.807) is 25.2 Å². The zero-order chi connectivity index (χ0) is 15.9. The summed E-state index contributed by atoms with van der Waals surface area (Å²) in [7, 11) is 3.50. The Morgan fingerprint density at radius 3 is 2.77 bits per heavy atom. The molecule has 0 bridgehead atoms. The van der Waals surface area contributed by atoms with Gasteiger partial charge in [0.25, 0.3) is 5.91 Å². The second kappa shape index (κ2) is 5.53. The lowest BCUT2D eigenvalue weighted by Crippen LogP contribution is -2.22. The highest BCUT2D eigenvalue weighted by Gasteiger charge is 2.14. The molecular formula is C16H15BrN4O. The highest BCUT2D eigenvalue weighted by molar-refractivity contribution is 9.10. The smallest absolute Gasteiger partial charge is 0.253 e. The molecule has 0 atom stereocenters. The molecule has 0 aliphatic rings. The van der Waals surface area contributed by atoms with Gasteiger partial charge in [-0.2, -0.15) is 0 Å². The molecule has 3 aromatic rings. The summed E-state index contributed by atoms with van der Waals surface area (Å²) in [4.78, 5) is 25.6. The van der Waals surface area contributed by atoms with Gasteiger partial charge in [0.05, 0.1) is 6.20 Å². The third-order valence-corrected chi connectivity index (χ3v) is 3.91. The van der Waals surface area contributed by atoms with Gasteiger partial charge in [0.2, 0.25) is 0 Å². The van der Waals surface area contributed by atoms with Crippen molar-refractivity contribution in [2.75, 3.05) is 14.1 Å². The summed E-state index contributed by atoms with van der Waals surface area (Å²) >= 11 is 3.35. The SMILES string of the molecule is Cc1cc(-c2c[nH]c3ncc(Br)nc23)ccc1C(=O)N(C)C. The molecule has 0 saturated carbocycles. The highest BCUT2D eigenvalue weighted by Crippen LogP contribution is 2.28. The lowest BCUT2D eigenvalue weighted by atomic mass is 10.0. The van der Waals surface area contributed by atoms with Crippen LogP contribution >= 0.6 is 15.9 Å². The van der Waals surface area contributed by atoms with E-state index in [9.17, 15) is 4.79 Å². The van der Waals surface area contributed by atoms with E-state index in [1.165, 1.54) is 0 Å². The van der Waals surface area contributed by atoms with Crippen LogP contribution in [-0.4, -0.2) is 39.9 Å². The number of nitrogens with zero attached hydrogens (tertiary/aromatic N) is 3. The van der Waals surface area contributed by atoms with Gasteiger partial charge in [0.1, 0.15) is 10.1 Å². The number of aryl methyl sites for hydroxylation is 1. The Hall–Kier alpha value is -2.21. The first kappa shape index (κ1) is 14.7. The molecule has 1 amide bonds. The molecule has 0 unspecified atom stereocenters. The van der Waals surface area contributed by atoms with Crippen LogP contribution in [0.4, 0.5) is 0 Å². The van der Waals surface area contributed by atoms with E-state index < -0.39 is 0 Å². The fraction of sp³-hybridized carbons (Fsp3) is 0.188. The number of aromatic amines is 1. The molecule has 0 saturated heterocycles. The molecule has 0 aliphatic carbocycles. The summed E-state index contributed by atoms with van der Waals surface area (Å²) in [6, 6.07) is 5.80. The molecule has 1 N–H and O–H groups in total. The van der Waals surface area contributed by atoms with E-state index in [-0.39, 0.29) is 5.91 Å². The number of nitrogens with one attached hydrogen (secondary N) is 1. The number of carbonyl (C=O) groups excluding carboxylic acids is 1. The van der Waals surface area contributed by atoms with Crippen LogP contribution in [0.2, 0.25) is 0 Å². The molecule has 0 fully saturated rings. The normalized spacial score (nSPS) is 10.9. The van der Waals surface area contributed by atoms with Gasteiger partial charge in [-0.25, -0.2) is 9.97 Å². The summed E-state index contributed by atoms with van der Waals surface area (Å²) in [6.07, 6.45) is 3.55. The quantitative estimate of drug-likeness (QED) is 0.763. The number of carbonyl (C=O) groups is 1. The van der Waals surface area contributed by atoms with E-state index in [2.05, 4.69) is 30.9 Å². The minimum Gasteiger partial charge on any atom is -0.345 e. The van der Waals surface area contributed by atoms with E-state index in [4.69, 9.17) is 0 Å². The standard InChI is InChI=1S/C16H15BrN4O/c1-9-6-10(4-5-11(9)16(22)21(2)3)12-7-18-15-14(12)20-13(17)8-19-15/h4-8H,1-3H3,(H,18,19). The minimum absolute atomic E-state index is 0.00510. The molecular weight excluding hydrogens is 344 g/mol. The van der Waals surface area contributed by atoms with Gasteiger partial charge in [-0.15, -0.1) is 0 Å². The fourth-order valence-corrected chi connectivity index (χ4v) is 2.68. The van der Waals surface area contributed by atoms with Crippen molar-refractivity contribution in [3.63, 3.8) is 0 Å². The second-order valence-corrected chi connectivity index (χ2v) is 6.13. The molecule has 22 heavy (non-hydrogen) atoms. The van der Waals surface area contributed by atoms with Crippen LogP contribution in [0.1, 0.15) is 15.9 Å². The van der Waals surface area contributed by atoms with Crippen molar-refractivity contribution in [3.8, 4) is 11.1 Å². The van der Waals surface area contributed by atoms with Crippen molar-refractivity contribution in [3.05, 3.63) is 46.3 Å². The van der Waals surface area contributed by atoms with Gasteiger partial charge < -0.3 is 9.88 Å². The number of amides is 1. The first-order chi connectivity index (χ1) is 10.5. The van der Waals surface area contributed by atoms with Gasteiger partial charge in [-0.05, 0) is 40.0 Å². The van der Waals surface area contributed by atoms with Gasteiger partial charge in [-0.3, -0.25) is 4.79 Å². The predicted molar refractivity (Wildman–Crippen MR) is 89.8 cm³/mol. The number of rotatable bonds is 2. The first-order valence-electron chi connectivity index (χ1n) is 6.79. The Balaban J connectivity index is 2.10. The number of aromatic nitrogens is 3. The number of hydrogen-bond acceptors (Lipinski definition) is 3. The maximum atomic E-state index is 12.1. The molecule has 2 aromatic heterocycles. The average Bonchev–Trinajstić information content (AvgIpc) is 2.89. The van der Waals surface area contributed by atoms with Crippen LogP contribution < -0.4 is 0 Å². The summed E-state index contributed by atoms with van der Waals surface area (Å²) in [6.45, 7) is 1.94. The predicted octanol–water partition coefficient (Wildman–Crippen LogP) is 3.40. The number of fused-ring (bicyclic) bond motifs is 1. The molecule has 6 heteroatoms. The molecule has 0 aliphatic heterocycles. The van der Waals surface area contributed by atoms with Gasteiger partial charge in [0, 0.05) is 31.4 Å². The minimum atomic E-state index is 0.00510. The Morgan fingerprint density at radius 2 is 2.09 bits per heavy atom. The third-order valence-electron chi connectivity index (χ3n) is 3.53. The van der Waals surface area contributed by atoms with Crippen molar-refractivity contribution in [2.45, 2.75) is 6.92 Å². The Kier molecular flexibility index (Phi) is 3.70. The maximum Gasteiger partial charge on any atom is 0.253 e. The van der Waals surface area contributed by atoms with E-state index >= 15 is 0 Å². The van der Waals surface area contributed by atoms with Crippen LogP contribution in [0, 0.1) is 6.92 Å². The van der Waals surface area contributed by atoms with Crippen molar-refractivity contribution < 1.29 is 4.79 Å². The zero-order valence-corrected chi connectivity index (χ0v) is 14.1. The average molecular weight is 359 g/mol. The lowest BCUT2D eigenvalue weighted by Gasteiger charge is -2.13. The van der Waals surface area contributed by atoms with Crippen LogP contribution in [0.5, 0.6) is 0 Å². The molecule has 1 aromatic carbocycles. The number of hydrogen-bond donors (Lipinski definition) is 1. The fourth-order valence-electron chi connectivity index (χ4n) is 2.40. The van der Waals surface area contributed by atoms with Crippen molar-refractivity contribution in [1.82, 2.24) is 19.9 Å². The number of benzene rings is 1. The zero-order valence-electron chi connectivity index (χ0n) is 12.5. The Labute approximate surface area is 136 Å². The molecule has 0 radical (unpaired) electrons.